The smallest absolute Gasteiger partial charge is 0.295 e. The van der Waals surface area contributed by atoms with Crippen LogP contribution in [0.1, 0.15) is 33.3 Å². The lowest BCUT2D eigenvalue weighted by Crippen LogP contribution is -2.29. The molecule has 1 atom stereocenters. The molecule has 1 aliphatic heterocycles. The quantitative estimate of drug-likeness (QED) is 0.321. The third kappa shape index (κ3) is 3.18. The molecular formula is C24H14BrClFNO3. The molecule has 1 amide bonds. The maximum atomic E-state index is 13.9. The molecule has 4 nitrogen and oxygen atoms in total. The maximum absolute atomic E-state index is 13.9. The fourth-order valence-electron chi connectivity index (χ4n) is 3.94. The number of benzene rings is 3. The summed E-state index contributed by atoms with van der Waals surface area (Å²) in [4.78, 5) is 28.4. The van der Waals surface area contributed by atoms with Crippen molar-refractivity contribution in [2.45, 2.75) is 13.0 Å². The molecule has 0 saturated heterocycles. The summed E-state index contributed by atoms with van der Waals surface area (Å²) in [5.41, 5.74) is 2.01. The molecule has 1 aliphatic rings. The summed E-state index contributed by atoms with van der Waals surface area (Å²) in [6, 6.07) is 15.6. The molecule has 2 heterocycles. The van der Waals surface area contributed by atoms with E-state index in [4.69, 9.17) is 16.0 Å². The zero-order chi connectivity index (χ0) is 21.9. The number of amides is 1. The molecule has 7 heteroatoms. The molecule has 0 saturated carbocycles. The van der Waals surface area contributed by atoms with E-state index in [0.717, 1.165) is 16.1 Å². The molecule has 154 valence electrons. The lowest BCUT2D eigenvalue weighted by atomic mass is 9.98. The molecule has 0 fully saturated rings. The number of carbonyl (C=O) groups is 1. The molecule has 0 N–H and O–H groups in total. The van der Waals surface area contributed by atoms with Gasteiger partial charge >= 0.3 is 0 Å². The molecule has 1 aromatic heterocycles. The Kier molecular flexibility index (Phi) is 4.72. The number of nitrogens with zero attached hydrogens (tertiary/aromatic N) is 1. The number of carbonyl (C=O) groups excluding carboxylic acids is 1. The van der Waals surface area contributed by atoms with Crippen LogP contribution in [0, 0.1) is 12.7 Å². The van der Waals surface area contributed by atoms with Gasteiger partial charge in [-0.1, -0.05) is 45.7 Å². The van der Waals surface area contributed by atoms with Crippen molar-refractivity contribution in [1.82, 2.24) is 0 Å². The number of fused-ring (bicyclic) bond motifs is 2. The van der Waals surface area contributed by atoms with Gasteiger partial charge in [0, 0.05) is 15.2 Å². The van der Waals surface area contributed by atoms with Crippen LogP contribution in [-0.4, -0.2) is 5.91 Å². The molecule has 0 aliphatic carbocycles. The minimum atomic E-state index is -0.748. The Balaban J connectivity index is 1.83. The van der Waals surface area contributed by atoms with E-state index in [2.05, 4.69) is 15.9 Å². The lowest BCUT2D eigenvalue weighted by molar-refractivity contribution is 0.0971. The number of aryl methyl sites for hydroxylation is 1. The highest BCUT2D eigenvalue weighted by molar-refractivity contribution is 9.10. The summed E-state index contributed by atoms with van der Waals surface area (Å²) in [5, 5.41) is 0.594. The van der Waals surface area contributed by atoms with E-state index in [1.807, 2.05) is 37.3 Å². The van der Waals surface area contributed by atoms with Gasteiger partial charge in [0.05, 0.1) is 17.0 Å². The van der Waals surface area contributed by atoms with Crippen molar-refractivity contribution in [1.29, 1.82) is 0 Å². The minimum absolute atomic E-state index is 0.0502. The second-order valence-electron chi connectivity index (χ2n) is 7.38. The predicted molar refractivity (Wildman–Crippen MR) is 121 cm³/mol. The molecular weight excluding hydrogens is 485 g/mol. The first kappa shape index (κ1) is 20.0. The standard InChI is InChI=1S/C24H14BrClFNO3/c1-12-5-7-16(11-18(12)26)28-21(13-3-2-4-14(25)9-13)20-22(29)17-10-15(27)6-8-19(17)31-23(20)24(28)30/h2-11,21H,1H3. The summed E-state index contributed by atoms with van der Waals surface area (Å²) in [6.45, 7) is 1.87. The number of hydrogen-bond donors (Lipinski definition) is 0. The first-order chi connectivity index (χ1) is 14.8. The normalized spacial score (nSPS) is 15.5. The van der Waals surface area contributed by atoms with Crippen molar-refractivity contribution in [2.75, 3.05) is 4.90 Å². The summed E-state index contributed by atoms with van der Waals surface area (Å²) in [5.74, 6) is -1.06. The molecule has 0 radical (unpaired) electrons. The van der Waals surface area contributed by atoms with Crippen molar-refractivity contribution in [3.8, 4) is 0 Å². The van der Waals surface area contributed by atoms with Crippen molar-refractivity contribution in [3.63, 3.8) is 0 Å². The van der Waals surface area contributed by atoms with Gasteiger partial charge in [0.15, 0.2) is 5.43 Å². The fraction of sp³-hybridized carbons (Fsp3) is 0.0833. The van der Waals surface area contributed by atoms with Crippen molar-refractivity contribution < 1.29 is 13.6 Å². The van der Waals surface area contributed by atoms with Crippen LogP contribution in [0.25, 0.3) is 11.0 Å². The number of hydrogen-bond acceptors (Lipinski definition) is 3. The molecule has 1 unspecified atom stereocenters. The Hall–Kier alpha value is -2.96. The summed E-state index contributed by atoms with van der Waals surface area (Å²) < 4.78 is 20.5. The van der Waals surface area contributed by atoms with Crippen LogP contribution < -0.4 is 10.3 Å². The van der Waals surface area contributed by atoms with Crippen LogP contribution in [0.2, 0.25) is 5.02 Å². The van der Waals surface area contributed by atoms with Gasteiger partial charge in [-0.15, -0.1) is 0 Å². The minimum Gasteiger partial charge on any atom is -0.450 e. The number of anilines is 1. The van der Waals surface area contributed by atoms with E-state index in [0.29, 0.717) is 16.3 Å². The van der Waals surface area contributed by atoms with Gasteiger partial charge in [-0.05, 0) is 60.5 Å². The molecule has 4 aromatic rings. The molecule has 3 aromatic carbocycles. The average molecular weight is 499 g/mol. The van der Waals surface area contributed by atoms with Crippen LogP contribution in [-0.2, 0) is 0 Å². The zero-order valence-electron chi connectivity index (χ0n) is 16.2. The van der Waals surface area contributed by atoms with Crippen molar-refractivity contribution >= 4 is 50.1 Å². The molecule has 0 bridgehead atoms. The second-order valence-corrected chi connectivity index (χ2v) is 8.70. The van der Waals surface area contributed by atoms with Crippen LogP contribution in [0.4, 0.5) is 10.1 Å². The van der Waals surface area contributed by atoms with E-state index in [1.54, 1.807) is 12.1 Å². The Morgan fingerprint density at radius 2 is 1.87 bits per heavy atom. The van der Waals surface area contributed by atoms with Gasteiger partial charge in [0.1, 0.15) is 11.4 Å². The van der Waals surface area contributed by atoms with Crippen LogP contribution in [0.3, 0.4) is 0 Å². The summed E-state index contributed by atoms with van der Waals surface area (Å²) in [7, 11) is 0. The van der Waals surface area contributed by atoms with Crippen LogP contribution in [0.5, 0.6) is 0 Å². The van der Waals surface area contributed by atoms with E-state index >= 15 is 0 Å². The SMILES string of the molecule is Cc1ccc(N2C(=O)c3oc4ccc(F)cc4c(=O)c3C2c2cccc(Br)c2)cc1Cl. The Morgan fingerprint density at radius 3 is 2.61 bits per heavy atom. The van der Waals surface area contributed by atoms with Crippen molar-refractivity contribution in [3.05, 3.63) is 109 Å². The van der Waals surface area contributed by atoms with E-state index < -0.39 is 23.2 Å². The lowest BCUT2D eigenvalue weighted by Gasteiger charge is -2.25. The van der Waals surface area contributed by atoms with E-state index in [-0.39, 0.29) is 22.3 Å². The van der Waals surface area contributed by atoms with E-state index in [1.165, 1.54) is 17.0 Å². The summed E-state index contributed by atoms with van der Waals surface area (Å²) >= 11 is 9.79. The van der Waals surface area contributed by atoms with Crippen LogP contribution >= 0.6 is 27.5 Å². The van der Waals surface area contributed by atoms with Crippen LogP contribution in [0.15, 0.2) is 74.3 Å². The first-order valence-corrected chi connectivity index (χ1v) is 10.6. The Morgan fingerprint density at radius 1 is 1.06 bits per heavy atom. The highest BCUT2D eigenvalue weighted by Gasteiger charge is 2.43. The fourth-order valence-corrected chi connectivity index (χ4v) is 4.53. The highest BCUT2D eigenvalue weighted by Crippen LogP contribution is 2.42. The maximum Gasteiger partial charge on any atom is 0.295 e. The number of halogens is 3. The highest BCUT2D eigenvalue weighted by atomic mass is 79.9. The topological polar surface area (TPSA) is 50.5 Å². The van der Waals surface area contributed by atoms with E-state index in [9.17, 15) is 14.0 Å². The Bertz CT molecular complexity index is 1450. The van der Waals surface area contributed by atoms with Gasteiger partial charge in [-0.2, -0.15) is 0 Å². The van der Waals surface area contributed by atoms with Gasteiger partial charge in [0.2, 0.25) is 5.76 Å². The molecule has 5 rings (SSSR count). The van der Waals surface area contributed by atoms with Crippen molar-refractivity contribution in [2.24, 2.45) is 0 Å². The predicted octanol–water partition coefficient (Wildman–Crippen LogP) is 6.41. The molecule has 31 heavy (non-hydrogen) atoms. The summed E-state index contributed by atoms with van der Waals surface area (Å²) in [6.07, 6.45) is 0. The largest absolute Gasteiger partial charge is 0.450 e. The third-order valence-corrected chi connectivity index (χ3v) is 6.33. The first-order valence-electron chi connectivity index (χ1n) is 9.46. The Labute approximate surface area is 190 Å². The zero-order valence-corrected chi connectivity index (χ0v) is 18.5. The third-order valence-electron chi connectivity index (χ3n) is 5.43. The second kappa shape index (κ2) is 7.32. The van der Waals surface area contributed by atoms with Gasteiger partial charge < -0.3 is 4.42 Å². The average Bonchev–Trinajstić information content (AvgIpc) is 3.03. The van der Waals surface area contributed by atoms with Gasteiger partial charge in [-0.3, -0.25) is 14.5 Å². The van der Waals surface area contributed by atoms with Gasteiger partial charge in [0.25, 0.3) is 5.91 Å². The monoisotopic (exact) mass is 497 g/mol. The number of rotatable bonds is 2. The van der Waals surface area contributed by atoms with Gasteiger partial charge in [-0.25, -0.2) is 4.39 Å². The molecule has 0 spiro atoms.